The van der Waals surface area contributed by atoms with Gasteiger partial charge in [-0.3, -0.25) is 0 Å². The summed E-state index contributed by atoms with van der Waals surface area (Å²) in [6.45, 7) is 6.39. The molecule has 2 rings (SSSR count). The zero-order valence-electron chi connectivity index (χ0n) is 13.5. The number of nitrogens with zero attached hydrogens (tertiary/aromatic N) is 1. The summed E-state index contributed by atoms with van der Waals surface area (Å²) < 4.78 is 5.41. The van der Waals surface area contributed by atoms with Crippen molar-refractivity contribution in [2.75, 3.05) is 19.7 Å². The molecule has 1 aliphatic heterocycles. The second-order valence-electron chi connectivity index (χ2n) is 7.68. The number of carbonyl (C=O) groups excluding carboxylic acids is 1. The van der Waals surface area contributed by atoms with Gasteiger partial charge in [-0.25, -0.2) is 4.79 Å². The van der Waals surface area contributed by atoms with Crippen molar-refractivity contribution in [3.8, 4) is 0 Å². The molecule has 0 spiro atoms. The second kappa shape index (κ2) is 5.76. The van der Waals surface area contributed by atoms with Gasteiger partial charge in [0.2, 0.25) is 0 Å². The fourth-order valence-electron chi connectivity index (χ4n) is 3.77. The molecule has 1 aliphatic carbocycles. The molecule has 1 heterocycles. The van der Waals surface area contributed by atoms with E-state index in [1.165, 1.54) is 0 Å². The Morgan fingerprint density at radius 1 is 1.19 bits per heavy atom. The zero-order valence-corrected chi connectivity index (χ0v) is 13.5. The molecule has 5 heteroatoms. The Morgan fingerprint density at radius 2 is 1.81 bits per heavy atom. The van der Waals surface area contributed by atoms with E-state index in [0.717, 1.165) is 32.1 Å². The summed E-state index contributed by atoms with van der Waals surface area (Å²) in [6, 6.07) is 0. The Hall–Kier alpha value is -0.810. The van der Waals surface area contributed by atoms with E-state index in [1.807, 2.05) is 20.8 Å². The van der Waals surface area contributed by atoms with Crippen LogP contribution in [0.4, 0.5) is 4.79 Å². The standard InChI is InChI=1S/C16H29NO4/c1-14(2,3)21-13(19)17-10-6-9-16(20,11-17)15(12-18)7-4-5-8-15/h18,20H,4-12H2,1-3H3. The van der Waals surface area contributed by atoms with E-state index in [0.29, 0.717) is 13.0 Å². The Bertz CT molecular complexity index is 384. The van der Waals surface area contributed by atoms with Gasteiger partial charge in [0.1, 0.15) is 5.60 Å². The Kier molecular flexibility index (Phi) is 4.54. The van der Waals surface area contributed by atoms with Crippen LogP contribution in [0.3, 0.4) is 0 Å². The van der Waals surface area contributed by atoms with Gasteiger partial charge in [-0.1, -0.05) is 12.8 Å². The third-order valence-corrected chi connectivity index (χ3v) is 4.97. The molecule has 0 aromatic heterocycles. The van der Waals surface area contributed by atoms with E-state index in [9.17, 15) is 15.0 Å². The number of β-amino-alcohol motifs (C(OH)–C–C–N with tert-alkyl or cyclic N) is 1. The van der Waals surface area contributed by atoms with Gasteiger partial charge in [0.05, 0.1) is 18.8 Å². The minimum absolute atomic E-state index is 0.00828. The maximum absolute atomic E-state index is 12.2. The fraction of sp³-hybridized carbons (Fsp3) is 0.938. The number of ether oxygens (including phenoxy) is 1. The maximum atomic E-state index is 12.2. The van der Waals surface area contributed by atoms with Gasteiger partial charge in [-0.15, -0.1) is 0 Å². The predicted molar refractivity (Wildman–Crippen MR) is 80.0 cm³/mol. The number of aliphatic hydroxyl groups is 2. The molecule has 1 saturated heterocycles. The lowest BCUT2D eigenvalue weighted by molar-refractivity contribution is -0.140. The molecule has 1 saturated carbocycles. The van der Waals surface area contributed by atoms with Crippen LogP contribution in [0.1, 0.15) is 59.3 Å². The van der Waals surface area contributed by atoms with Crippen molar-refractivity contribution in [3.05, 3.63) is 0 Å². The van der Waals surface area contributed by atoms with Gasteiger partial charge in [0, 0.05) is 12.0 Å². The number of amides is 1. The van der Waals surface area contributed by atoms with E-state index in [1.54, 1.807) is 4.90 Å². The number of likely N-dealkylation sites (tertiary alicyclic amines) is 1. The third kappa shape index (κ3) is 3.34. The molecule has 1 unspecified atom stereocenters. The van der Waals surface area contributed by atoms with Crippen molar-refractivity contribution >= 4 is 6.09 Å². The van der Waals surface area contributed by atoms with Gasteiger partial charge in [-0.2, -0.15) is 0 Å². The fourth-order valence-corrected chi connectivity index (χ4v) is 3.77. The molecule has 5 nitrogen and oxygen atoms in total. The molecular weight excluding hydrogens is 270 g/mol. The normalized spacial score (nSPS) is 29.5. The third-order valence-electron chi connectivity index (χ3n) is 4.97. The van der Waals surface area contributed by atoms with Gasteiger partial charge in [0.25, 0.3) is 0 Å². The molecule has 0 bridgehead atoms. The van der Waals surface area contributed by atoms with Crippen molar-refractivity contribution in [2.24, 2.45) is 5.41 Å². The van der Waals surface area contributed by atoms with Crippen molar-refractivity contribution < 1.29 is 19.7 Å². The number of aliphatic hydroxyl groups excluding tert-OH is 1. The topological polar surface area (TPSA) is 70.0 Å². The number of piperidine rings is 1. The van der Waals surface area contributed by atoms with E-state index in [2.05, 4.69) is 0 Å². The highest BCUT2D eigenvalue weighted by Gasteiger charge is 2.53. The summed E-state index contributed by atoms with van der Waals surface area (Å²) in [5, 5.41) is 21.0. The van der Waals surface area contributed by atoms with Gasteiger partial charge in [0.15, 0.2) is 0 Å². The summed E-state index contributed by atoms with van der Waals surface area (Å²) in [6.07, 6.45) is 4.77. The first-order valence-electron chi connectivity index (χ1n) is 8.03. The van der Waals surface area contributed by atoms with Crippen molar-refractivity contribution in [1.29, 1.82) is 0 Å². The lowest BCUT2D eigenvalue weighted by atomic mass is 9.67. The summed E-state index contributed by atoms with van der Waals surface area (Å²) in [7, 11) is 0. The summed E-state index contributed by atoms with van der Waals surface area (Å²) in [5.41, 5.74) is -1.98. The molecule has 122 valence electrons. The van der Waals surface area contributed by atoms with E-state index < -0.39 is 16.6 Å². The van der Waals surface area contributed by atoms with Crippen LogP contribution in [0.25, 0.3) is 0 Å². The van der Waals surface area contributed by atoms with Crippen LogP contribution in [0, 0.1) is 5.41 Å². The lowest BCUT2D eigenvalue weighted by Crippen LogP contribution is -2.60. The summed E-state index contributed by atoms with van der Waals surface area (Å²) in [5.74, 6) is 0. The average Bonchev–Trinajstić information content (AvgIpc) is 2.87. The second-order valence-corrected chi connectivity index (χ2v) is 7.68. The van der Waals surface area contributed by atoms with Crippen LogP contribution in [0.5, 0.6) is 0 Å². The Morgan fingerprint density at radius 3 is 2.33 bits per heavy atom. The predicted octanol–water partition coefficient (Wildman–Crippen LogP) is 2.30. The molecule has 1 amide bonds. The summed E-state index contributed by atoms with van der Waals surface area (Å²) >= 11 is 0. The highest BCUT2D eigenvalue weighted by Crippen LogP contribution is 2.49. The minimum Gasteiger partial charge on any atom is -0.444 e. The van der Waals surface area contributed by atoms with E-state index >= 15 is 0 Å². The molecule has 21 heavy (non-hydrogen) atoms. The molecule has 0 aromatic carbocycles. The number of hydrogen-bond acceptors (Lipinski definition) is 4. The van der Waals surface area contributed by atoms with Crippen LogP contribution in [-0.4, -0.2) is 52.1 Å². The molecule has 2 N–H and O–H groups in total. The molecule has 2 aliphatic rings. The molecule has 1 atom stereocenters. The molecular formula is C16H29NO4. The number of hydrogen-bond donors (Lipinski definition) is 2. The van der Waals surface area contributed by atoms with Gasteiger partial charge < -0.3 is 19.8 Å². The van der Waals surface area contributed by atoms with Crippen LogP contribution in [0.15, 0.2) is 0 Å². The maximum Gasteiger partial charge on any atom is 0.410 e. The first-order chi connectivity index (χ1) is 9.71. The first-order valence-corrected chi connectivity index (χ1v) is 8.03. The highest BCUT2D eigenvalue weighted by atomic mass is 16.6. The molecule has 0 radical (unpaired) electrons. The van der Waals surface area contributed by atoms with Gasteiger partial charge >= 0.3 is 6.09 Å². The van der Waals surface area contributed by atoms with Crippen LogP contribution >= 0.6 is 0 Å². The van der Waals surface area contributed by atoms with Gasteiger partial charge in [-0.05, 0) is 46.5 Å². The quantitative estimate of drug-likeness (QED) is 0.821. The van der Waals surface area contributed by atoms with Crippen LogP contribution in [0.2, 0.25) is 0 Å². The van der Waals surface area contributed by atoms with Crippen molar-refractivity contribution in [2.45, 2.75) is 70.5 Å². The number of rotatable bonds is 2. The smallest absolute Gasteiger partial charge is 0.410 e. The molecule has 2 fully saturated rings. The minimum atomic E-state index is -0.993. The van der Waals surface area contributed by atoms with Crippen LogP contribution < -0.4 is 0 Å². The SMILES string of the molecule is CC(C)(C)OC(=O)N1CCCC(O)(C2(CO)CCCC2)C1. The Balaban J connectivity index is 2.11. The summed E-state index contributed by atoms with van der Waals surface area (Å²) in [4.78, 5) is 13.8. The van der Waals surface area contributed by atoms with E-state index in [-0.39, 0.29) is 19.2 Å². The Labute approximate surface area is 127 Å². The van der Waals surface area contributed by atoms with Crippen molar-refractivity contribution in [3.63, 3.8) is 0 Å². The van der Waals surface area contributed by atoms with Crippen LogP contribution in [-0.2, 0) is 4.74 Å². The zero-order chi connectivity index (χ0) is 15.7. The molecule has 0 aromatic rings. The van der Waals surface area contributed by atoms with E-state index in [4.69, 9.17) is 4.74 Å². The van der Waals surface area contributed by atoms with Crippen molar-refractivity contribution in [1.82, 2.24) is 4.90 Å². The lowest BCUT2D eigenvalue weighted by Gasteiger charge is -2.49. The first kappa shape index (κ1) is 16.6. The average molecular weight is 299 g/mol. The monoisotopic (exact) mass is 299 g/mol. The largest absolute Gasteiger partial charge is 0.444 e. The highest BCUT2D eigenvalue weighted by molar-refractivity contribution is 5.68. The number of carbonyl (C=O) groups is 1.